The van der Waals surface area contributed by atoms with Crippen molar-refractivity contribution in [1.82, 2.24) is 0 Å². The van der Waals surface area contributed by atoms with Crippen LogP contribution in [0.5, 0.6) is 0 Å². The lowest BCUT2D eigenvalue weighted by Gasteiger charge is -2.46. The van der Waals surface area contributed by atoms with E-state index >= 15 is 0 Å². The van der Waals surface area contributed by atoms with Gasteiger partial charge in [-0.15, -0.1) is 0 Å². The van der Waals surface area contributed by atoms with Gasteiger partial charge >= 0.3 is 0 Å². The monoisotopic (exact) mass is 639 g/mol. The van der Waals surface area contributed by atoms with Gasteiger partial charge in [0.1, 0.15) is 15.9 Å². The number of hydrogen-bond donors (Lipinski definition) is 4. The normalized spacial score (nSPS) is 26.0. The minimum absolute atomic E-state index is 0.0912. The second-order valence-corrected chi connectivity index (χ2v) is 15.6. The van der Waals surface area contributed by atoms with E-state index in [9.17, 15) is 50.1 Å². The molecule has 0 saturated heterocycles. The number of halogens is 4. The lowest BCUT2D eigenvalue weighted by molar-refractivity contribution is -0.175. The molecular weight excluding hydrogens is 611 g/mol. The molecule has 15 heteroatoms. The van der Waals surface area contributed by atoms with Crippen LogP contribution >= 0.6 is 11.6 Å². The first-order valence-corrected chi connectivity index (χ1v) is 16.7. The van der Waals surface area contributed by atoms with Crippen molar-refractivity contribution in [2.75, 3.05) is 17.3 Å². The maximum absolute atomic E-state index is 13.7. The second-order valence-electron chi connectivity index (χ2n) is 10.8. The van der Waals surface area contributed by atoms with Crippen LogP contribution in [0.1, 0.15) is 42.5 Å². The average Bonchev–Trinajstić information content (AvgIpc) is 3.04. The van der Waals surface area contributed by atoms with Gasteiger partial charge < -0.3 is 20.6 Å². The number of hydrogen-bond acceptors (Lipinski definition) is 8. The first-order valence-electron chi connectivity index (χ1n) is 12.7. The zero-order valence-electron chi connectivity index (χ0n) is 21.7. The van der Waals surface area contributed by atoms with Crippen LogP contribution in [-0.4, -0.2) is 73.1 Å². The molecule has 0 aromatic heterocycles. The molecule has 2 saturated carbocycles. The fourth-order valence-electron chi connectivity index (χ4n) is 5.95. The Morgan fingerprint density at radius 1 is 1.05 bits per heavy atom. The minimum atomic E-state index is -4.21. The third kappa shape index (κ3) is 6.27. The molecular formula is C26H29ClF3NO8S2. The Morgan fingerprint density at radius 2 is 1.61 bits per heavy atom. The van der Waals surface area contributed by atoms with Crippen molar-refractivity contribution in [1.29, 1.82) is 0 Å². The van der Waals surface area contributed by atoms with Gasteiger partial charge in [-0.1, -0.05) is 11.6 Å². The van der Waals surface area contributed by atoms with Gasteiger partial charge in [0.05, 0.1) is 32.6 Å². The predicted octanol–water partition coefficient (Wildman–Crippen LogP) is 2.86. The summed E-state index contributed by atoms with van der Waals surface area (Å²) in [5.74, 6) is -7.56. The maximum atomic E-state index is 13.7. The highest BCUT2D eigenvalue weighted by Gasteiger charge is 2.60. The van der Waals surface area contributed by atoms with Crippen LogP contribution < -0.4 is 5.32 Å². The molecule has 4 unspecified atom stereocenters. The molecule has 226 valence electrons. The van der Waals surface area contributed by atoms with Crippen molar-refractivity contribution in [3.05, 3.63) is 58.4 Å². The third-order valence-electron chi connectivity index (χ3n) is 8.07. The lowest BCUT2D eigenvalue weighted by atomic mass is 9.69. The molecule has 9 nitrogen and oxygen atoms in total. The molecule has 0 heterocycles. The highest BCUT2D eigenvalue weighted by molar-refractivity contribution is 7.92. The molecule has 0 spiro atoms. The molecule has 2 aliphatic rings. The number of aliphatic hydroxyl groups is 3. The molecule has 0 radical (unpaired) electrons. The number of carbonyl (C=O) groups is 1. The van der Waals surface area contributed by atoms with E-state index in [0.29, 0.717) is 25.0 Å². The number of aliphatic hydroxyl groups excluding tert-OH is 2. The van der Waals surface area contributed by atoms with Crippen LogP contribution in [0, 0.1) is 29.3 Å². The molecule has 41 heavy (non-hydrogen) atoms. The number of amides is 1. The summed E-state index contributed by atoms with van der Waals surface area (Å²) in [6.07, 6.45) is -2.01. The predicted molar refractivity (Wildman–Crippen MR) is 143 cm³/mol. The lowest BCUT2D eigenvalue weighted by Crippen LogP contribution is -2.59. The summed E-state index contributed by atoms with van der Waals surface area (Å²) < 4.78 is 90.6. The average molecular weight is 640 g/mol. The van der Waals surface area contributed by atoms with Gasteiger partial charge in [0.15, 0.2) is 27.3 Å². The molecule has 0 aliphatic heterocycles. The van der Waals surface area contributed by atoms with E-state index in [-0.39, 0.29) is 34.7 Å². The largest absolute Gasteiger partial charge is 0.390 e. The molecule has 2 bridgehead atoms. The van der Waals surface area contributed by atoms with Crippen molar-refractivity contribution >= 4 is 42.9 Å². The minimum Gasteiger partial charge on any atom is -0.390 e. The number of nitrogens with one attached hydrogen (secondary N) is 1. The molecule has 2 aromatic rings. The van der Waals surface area contributed by atoms with Crippen LogP contribution in [0.4, 0.5) is 18.9 Å². The van der Waals surface area contributed by atoms with Gasteiger partial charge in [-0.25, -0.2) is 30.0 Å². The van der Waals surface area contributed by atoms with E-state index in [1.807, 2.05) is 0 Å². The van der Waals surface area contributed by atoms with E-state index in [0.717, 1.165) is 12.3 Å². The first kappa shape index (κ1) is 31.7. The SMILES string of the molecule is CS(=O)(=O)CCC(O)C(O)C1(O)C2CCC1CC(S(=O)(=O)c1cc(C(=O)Nc3cc(F)c(F)c(F)c3)ccc1Cl)C2. The number of rotatable bonds is 9. The highest BCUT2D eigenvalue weighted by Crippen LogP contribution is 2.54. The first-order chi connectivity index (χ1) is 18.9. The Labute approximate surface area is 240 Å². The van der Waals surface area contributed by atoms with Crippen molar-refractivity contribution in [3.63, 3.8) is 0 Å². The van der Waals surface area contributed by atoms with Gasteiger partial charge in [0.25, 0.3) is 5.91 Å². The van der Waals surface area contributed by atoms with E-state index in [1.165, 1.54) is 12.1 Å². The van der Waals surface area contributed by atoms with Gasteiger partial charge in [0.2, 0.25) is 0 Å². The van der Waals surface area contributed by atoms with Crippen LogP contribution in [0.2, 0.25) is 5.02 Å². The summed E-state index contributed by atoms with van der Waals surface area (Å²) in [6, 6.07) is 4.51. The molecule has 2 fully saturated rings. The topological polar surface area (TPSA) is 158 Å². The number of carbonyl (C=O) groups excluding carboxylic acids is 1. The number of anilines is 1. The second kappa shape index (κ2) is 11.5. The Balaban J connectivity index is 1.54. The Hall–Kier alpha value is -2.23. The Kier molecular flexibility index (Phi) is 8.86. The highest BCUT2D eigenvalue weighted by atomic mass is 35.5. The van der Waals surface area contributed by atoms with E-state index in [4.69, 9.17) is 11.6 Å². The molecule has 1 amide bonds. The maximum Gasteiger partial charge on any atom is 0.255 e. The molecule has 4 rings (SSSR count). The van der Waals surface area contributed by atoms with Crippen LogP contribution in [-0.2, 0) is 19.7 Å². The quantitative estimate of drug-likeness (QED) is 0.305. The van der Waals surface area contributed by atoms with Gasteiger partial charge in [0, 0.05) is 29.6 Å². The molecule has 2 aliphatic carbocycles. The molecule has 2 aromatic carbocycles. The molecule has 4 atom stereocenters. The summed E-state index contributed by atoms with van der Waals surface area (Å²) in [6.45, 7) is 0. The fourth-order valence-corrected chi connectivity index (χ4v) is 9.02. The Bertz CT molecular complexity index is 1530. The van der Waals surface area contributed by atoms with E-state index in [1.54, 1.807) is 0 Å². The zero-order valence-corrected chi connectivity index (χ0v) is 24.1. The van der Waals surface area contributed by atoms with E-state index < -0.39 is 89.4 Å². The van der Waals surface area contributed by atoms with Crippen LogP contribution in [0.25, 0.3) is 0 Å². The van der Waals surface area contributed by atoms with Gasteiger partial charge in [-0.05, 0) is 62.1 Å². The van der Waals surface area contributed by atoms with Crippen LogP contribution in [0.15, 0.2) is 35.2 Å². The van der Waals surface area contributed by atoms with Gasteiger partial charge in [-0.3, -0.25) is 4.79 Å². The summed E-state index contributed by atoms with van der Waals surface area (Å²) in [4.78, 5) is 12.3. The van der Waals surface area contributed by atoms with Gasteiger partial charge in [-0.2, -0.15) is 0 Å². The summed E-state index contributed by atoms with van der Waals surface area (Å²) in [5, 5.41) is 33.6. The smallest absolute Gasteiger partial charge is 0.255 e. The number of benzene rings is 2. The number of fused-ring (bicyclic) bond motifs is 2. The number of sulfone groups is 2. The summed E-state index contributed by atoms with van der Waals surface area (Å²) >= 11 is 6.21. The molecule has 4 N–H and O–H groups in total. The summed E-state index contributed by atoms with van der Waals surface area (Å²) in [5.41, 5.74) is -2.43. The fraction of sp³-hybridized carbons (Fsp3) is 0.500. The Morgan fingerprint density at radius 3 is 2.15 bits per heavy atom. The third-order valence-corrected chi connectivity index (χ3v) is 11.7. The standard InChI is InChI=1S/C26H29ClF3NO8S2/c1-40(36,37)7-6-21(32)24(33)26(35)14-3-4-15(26)10-17(9-14)41(38,39)22-8-13(2-5-18(22)27)25(34)31-16-11-19(28)23(30)20(29)12-16/h2,5,8,11-12,14-15,17,21,24,32-33,35H,3-4,6-7,9-10H2,1H3,(H,31,34). The summed E-state index contributed by atoms with van der Waals surface area (Å²) in [7, 11) is -7.64. The van der Waals surface area contributed by atoms with Crippen LogP contribution in [0.3, 0.4) is 0 Å². The van der Waals surface area contributed by atoms with Crippen molar-refractivity contribution in [2.45, 2.75) is 60.1 Å². The van der Waals surface area contributed by atoms with Crippen molar-refractivity contribution < 1.29 is 50.1 Å². The van der Waals surface area contributed by atoms with Crippen molar-refractivity contribution in [3.8, 4) is 0 Å². The van der Waals surface area contributed by atoms with Crippen molar-refractivity contribution in [2.24, 2.45) is 11.8 Å². The zero-order chi connectivity index (χ0) is 30.5. The van der Waals surface area contributed by atoms with E-state index in [2.05, 4.69) is 5.32 Å².